The fraction of sp³-hybridized carbons (Fsp3) is 0.533. The first-order chi connectivity index (χ1) is 8.35. The van der Waals surface area contributed by atoms with Gasteiger partial charge in [-0.2, -0.15) is 0 Å². The molecule has 1 amide bonds. The number of carbonyl (C=O) groups is 1. The smallest absolute Gasteiger partial charge is 0.209 e. The first-order valence-electron chi connectivity index (χ1n) is 6.61. The first-order valence-corrected chi connectivity index (χ1v) is 6.61. The second-order valence-electron chi connectivity index (χ2n) is 4.92. The van der Waals surface area contributed by atoms with Gasteiger partial charge in [0.05, 0.1) is 0 Å². The summed E-state index contributed by atoms with van der Waals surface area (Å²) in [6.45, 7) is 3.10. The van der Waals surface area contributed by atoms with E-state index >= 15 is 0 Å². The standard InChI is InChI=1S/C15H21NO/c1-2-6-15-11-14(9-10-16(15)12-17)13-7-4-3-5-8-13/h3-5,7-8,12,14-15H,2,6,9-11H2,1H3. The van der Waals surface area contributed by atoms with Gasteiger partial charge in [0.15, 0.2) is 0 Å². The molecule has 1 aromatic rings. The lowest BCUT2D eigenvalue weighted by molar-refractivity contribution is -0.121. The van der Waals surface area contributed by atoms with Crippen LogP contribution >= 0.6 is 0 Å². The zero-order chi connectivity index (χ0) is 12.1. The molecule has 0 spiro atoms. The van der Waals surface area contributed by atoms with Crippen LogP contribution in [0.25, 0.3) is 0 Å². The largest absolute Gasteiger partial charge is 0.342 e. The third kappa shape index (κ3) is 2.87. The van der Waals surface area contributed by atoms with Crippen LogP contribution in [0.4, 0.5) is 0 Å². The molecule has 0 aromatic heterocycles. The lowest BCUT2D eigenvalue weighted by Gasteiger charge is -2.37. The molecular formula is C15H21NO. The summed E-state index contributed by atoms with van der Waals surface area (Å²) in [5.74, 6) is 0.629. The van der Waals surface area contributed by atoms with Crippen molar-refractivity contribution in [2.45, 2.75) is 44.6 Å². The van der Waals surface area contributed by atoms with E-state index in [2.05, 4.69) is 37.3 Å². The Balaban J connectivity index is 2.06. The molecular weight excluding hydrogens is 210 g/mol. The Hall–Kier alpha value is -1.31. The second-order valence-corrected chi connectivity index (χ2v) is 4.92. The number of likely N-dealkylation sites (tertiary alicyclic amines) is 1. The summed E-state index contributed by atoms with van der Waals surface area (Å²) in [5, 5.41) is 0. The molecule has 2 heteroatoms. The fourth-order valence-corrected chi connectivity index (χ4v) is 2.85. The van der Waals surface area contributed by atoms with Crippen molar-refractivity contribution in [2.75, 3.05) is 6.54 Å². The van der Waals surface area contributed by atoms with E-state index in [1.807, 2.05) is 4.90 Å². The topological polar surface area (TPSA) is 20.3 Å². The molecule has 1 heterocycles. The molecule has 1 aliphatic heterocycles. The minimum atomic E-state index is 0.441. The Labute approximate surface area is 104 Å². The summed E-state index contributed by atoms with van der Waals surface area (Å²) in [7, 11) is 0. The van der Waals surface area contributed by atoms with Crippen LogP contribution in [0.2, 0.25) is 0 Å². The molecule has 2 atom stereocenters. The Morgan fingerprint density at radius 1 is 1.35 bits per heavy atom. The van der Waals surface area contributed by atoms with Crippen LogP contribution in [-0.4, -0.2) is 23.9 Å². The molecule has 0 radical (unpaired) electrons. The van der Waals surface area contributed by atoms with Crippen molar-refractivity contribution in [1.82, 2.24) is 4.90 Å². The third-order valence-electron chi connectivity index (χ3n) is 3.79. The minimum absolute atomic E-state index is 0.441. The van der Waals surface area contributed by atoms with Gasteiger partial charge in [-0.25, -0.2) is 0 Å². The monoisotopic (exact) mass is 231 g/mol. The maximum atomic E-state index is 11.0. The number of nitrogens with zero attached hydrogens (tertiary/aromatic N) is 1. The quantitative estimate of drug-likeness (QED) is 0.729. The van der Waals surface area contributed by atoms with E-state index in [0.717, 1.165) is 38.6 Å². The number of rotatable bonds is 4. The van der Waals surface area contributed by atoms with Gasteiger partial charge in [-0.05, 0) is 30.7 Å². The molecule has 2 unspecified atom stereocenters. The highest BCUT2D eigenvalue weighted by molar-refractivity contribution is 5.48. The molecule has 1 saturated heterocycles. The summed E-state index contributed by atoms with van der Waals surface area (Å²) in [5.41, 5.74) is 1.43. The van der Waals surface area contributed by atoms with E-state index in [4.69, 9.17) is 0 Å². The van der Waals surface area contributed by atoms with Gasteiger partial charge in [0.2, 0.25) is 6.41 Å². The van der Waals surface area contributed by atoms with Crippen LogP contribution in [0.3, 0.4) is 0 Å². The molecule has 1 fully saturated rings. The molecule has 92 valence electrons. The van der Waals surface area contributed by atoms with Crippen LogP contribution in [0.5, 0.6) is 0 Å². The predicted molar refractivity (Wildman–Crippen MR) is 69.9 cm³/mol. The van der Waals surface area contributed by atoms with Crippen molar-refractivity contribution in [3.63, 3.8) is 0 Å². The zero-order valence-corrected chi connectivity index (χ0v) is 10.5. The van der Waals surface area contributed by atoms with E-state index in [0.29, 0.717) is 12.0 Å². The minimum Gasteiger partial charge on any atom is -0.342 e. The van der Waals surface area contributed by atoms with Crippen molar-refractivity contribution in [3.8, 4) is 0 Å². The van der Waals surface area contributed by atoms with Gasteiger partial charge >= 0.3 is 0 Å². The van der Waals surface area contributed by atoms with Crippen LogP contribution in [-0.2, 0) is 4.79 Å². The van der Waals surface area contributed by atoms with Crippen molar-refractivity contribution in [1.29, 1.82) is 0 Å². The summed E-state index contributed by atoms with van der Waals surface area (Å²) in [6, 6.07) is 11.1. The van der Waals surface area contributed by atoms with Crippen LogP contribution < -0.4 is 0 Å². The van der Waals surface area contributed by atoms with Gasteiger partial charge in [-0.1, -0.05) is 43.7 Å². The molecule has 0 N–H and O–H groups in total. The van der Waals surface area contributed by atoms with Crippen molar-refractivity contribution >= 4 is 6.41 Å². The average molecular weight is 231 g/mol. The summed E-state index contributed by atoms with van der Waals surface area (Å²) >= 11 is 0. The Morgan fingerprint density at radius 3 is 2.76 bits per heavy atom. The average Bonchev–Trinajstić information content (AvgIpc) is 2.40. The van der Waals surface area contributed by atoms with Crippen LogP contribution in [0.15, 0.2) is 30.3 Å². The zero-order valence-electron chi connectivity index (χ0n) is 10.5. The fourth-order valence-electron chi connectivity index (χ4n) is 2.85. The molecule has 2 rings (SSSR count). The molecule has 0 aliphatic carbocycles. The van der Waals surface area contributed by atoms with Gasteiger partial charge in [0.25, 0.3) is 0 Å². The lowest BCUT2D eigenvalue weighted by atomic mass is 9.84. The molecule has 0 saturated carbocycles. The molecule has 1 aromatic carbocycles. The van der Waals surface area contributed by atoms with Crippen LogP contribution in [0.1, 0.15) is 44.1 Å². The maximum absolute atomic E-state index is 11.0. The Kier molecular flexibility index (Phi) is 4.18. The number of hydrogen-bond donors (Lipinski definition) is 0. The van der Waals surface area contributed by atoms with E-state index in [-0.39, 0.29) is 0 Å². The van der Waals surface area contributed by atoms with Crippen molar-refractivity contribution in [3.05, 3.63) is 35.9 Å². The highest BCUT2D eigenvalue weighted by atomic mass is 16.1. The van der Waals surface area contributed by atoms with Crippen LogP contribution in [0, 0.1) is 0 Å². The molecule has 2 nitrogen and oxygen atoms in total. The molecule has 0 bridgehead atoms. The number of benzene rings is 1. The van der Waals surface area contributed by atoms with Gasteiger partial charge in [-0.3, -0.25) is 4.79 Å². The van der Waals surface area contributed by atoms with Crippen molar-refractivity contribution < 1.29 is 4.79 Å². The van der Waals surface area contributed by atoms with E-state index in [9.17, 15) is 4.79 Å². The molecule has 17 heavy (non-hydrogen) atoms. The predicted octanol–water partition coefficient (Wildman–Crippen LogP) is 3.19. The van der Waals surface area contributed by atoms with Gasteiger partial charge < -0.3 is 4.90 Å². The number of piperidine rings is 1. The number of hydrogen-bond acceptors (Lipinski definition) is 1. The highest BCUT2D eigenvalue weighted by Gasteiger charge is 2.27. The third-order valence-corrected chi connectivity index (χ3v) is 3.79. The Bertz CT molecular complexity index is 349. The highest BCUT2D eigenvalue weighted by Crippen LogP contribution is 2.32. The normalized spacial score (nSPS) is 24.6. The lowest BCUT2D eigenvalue weighted by Crippen LogP contribution is -2.40. The van der Waals surface area contributed by atoms with Gasteiger partial charge in [-0.15, -0.1) is 0 Å². The molecule has 1 aliphatic rings. The number of carbonyl (C=O) groups excluding carboxylic acids is 1. The van der Waals surface area contributed by atoms with E-state index in [1.165, 1.54) is 5.56 Å². The summed E-state index contributed by atoms with van der Waals surface area (Å²) in [4.78, 5) is 13.0. The Morgan fingerprint density at radius 2 is 2.12 bits per heavy atom. The second kappa shape index (κ2) is 5.85. The van der Waals surface area contributed by atoms with E-state index < -0.39 is 0 Å². The summed E-state index contributed by atoms with van der Waals surface area (Å²) in [6.07, 6.45) is 5.53. The van der Waals surface area contributed by atoms with Gasteiger partial charge in [0, 0.05) is 12.6 Å². The summed E-state index contributed by atoms with van der Waals surface area (Å²) < 4.78 is 0. The van der Waals surface area contributed by atoms with E-state index in [1.54, 1.807) is 0 Å². The first kappa shape index (κ1) is 12.2. The SMILES string of the molecule is CCCC1CC(c2ccccc2)CCN1C=O. The maximum Gasteiger partial charge on any atom is 0.209 e. The van der Waals surface area contributed by atoms with Gasteiger partial charge in [0.1, 0.15) is 0 Å². The van der Waals surface area contributed by atoms with Crippen molar-refractivity contribution in [2.24, 2.45) is 0 Å². The number of amides is 1.